The highest BCUT2D eigenvalue weighted by Crippen LogP contribution is 2.41. The standard InChI is InChI=1S/C11H21NS/c1-10(2,3)9-12(7-8-13-9)11(4,5)6/h7-9H,1-6H3. The highest BCUT2D eigenvalue weighted by Gasteiger charge is 2.36. The summed E-state index contributed by atoms with van der Waals surface area (Å²) in [7, 11) is 0. The summed E-state index contributed by atoms with van der Waals surface area (Å²) in [6.45, 7) is 13.7. The molecule has 1 aliphatic rings. The minimum Gasteiger partial charge on any atom is -0.359 e. The van der Waals surface area contributed by atoms with Gasteiger partial charge in [-0.3, -0.25) is 0 Å². The Hall–Kier alpha value is -0.110. The first-order chi connectivity index (χ1) is 5.73. The van der Waals surface area contributed by atoms with E-state index in [1.807, 2.05) is 11.8 Å². The van der Waals surface area contributed by atoms with Crippen molar-refractivity contribution in [1.82, 2.24) is 4.90 Å². The van der Waals surface area contributed by atoms with Gasteiger partial charge in [-0.2, -0.15) is 0 Å². The van der Waals surface area contributed by atoms with Crippen molar-refractivity contribution in [3.05, 3.63) is 11.6 Å². The molecule has 0 aromatic rings. The molecule has 0 radical (unpaired) electrons. The van der Waals surface area contributed by atoms with Gasteiger partial charge in [-0.1, -0.05) is 20.8 Å². The molecule has 0 saturated carbocycles. The van der Waals surface area contributed by atoms with Crippen LogP contribution < -0.4 is 0 Å². The predicted molar refractivity (Wildman–Crippen MR) is 61.6 cm³/mol. The first-order valence-electron chi connectivity index (χ1n) is 4.83. The van der Waals surface area contributed by atoms with Gasteiger partial charge in [0.25, 0.3) is 0 Å². The van der Waals surface area contributed by atoms with Crippen LogP contribution in [0.4, 0.5) is 0 Å². The topological polar surface area (TPSA) is 3.24 Å². The Morgan fingerprint density at radius 2 is 1.62 bits per heavy atom. The van der Waals surface area contributed by atoms with Crippen molar-refractivity contribution in [1.29, 1.82) is 0 Å². The molecule has 0 N–H and O–H groups in total. The van der Waals surface area contributed by atoms with E-state index in [9.17, 15) is 0 Å². The van der Waals surface area contributed by atoms with Crippen molar-refractivity contribution in [2.45, 2.75) is 52.5 Å². The lowest BCUT2D eigenvalue weighted by molar-refractivity contribution is 0.130. The van der Waals surface area contributed by atoms with E-state index < -0.39 is 0 Å². The lowest BCUT2D eigenvalue weighted by Crippen LogP contribution is -2.46. The molecule has 1 atom stereocenters. The number of thioether (sulfide) groups is 1. The van der Waals surface area contributed by atoms with Crippen LogP contribution in [0.3, 0.4) is 0 Å². The summed E-state index contributed by atoms with van der Waals surface area (Å²) in [5, 5.41) is 2.79. The third-order valence-corrected chi connectivity index (χ3v) is 3.67. The molecular weight excluding hydrogens is 178 g/mol. The van der Waals surface area contributed by atoms with E-state index in [4.69, 9.17) is 0 Å². The molecule has 13 heavy (non-hydrogen) atoms. The number of hydrogen-bond acceptors (Lipinski definition) is 2. The van der Waals surface area contributed by atoms with E-state index in [-0.39, 0.29) is 5.54 Å². The molecule has 0 fully saturated rings. The van der Waals surface area contributed by atoms with E-state index in [2.05, 4.69) is 58.1 Å². The molecule has 0 aliphatic carbocycles. The molecule has 0 bridgehead atoms. The van der Waals surface area contributed by atoms with Gasteiger partial charge in [0.2, 0.25) is 0 Å². The minimum absolute atomic E-state index is 0.234. The van der Waals surface area contributed by atoms with Crippen LogP contribution >= 0.6 is 11.8 Å². The first-order valence-corrected chi connectivity index (χ1v) is 5.78. The van der Waals surface area contributed by atoms with Gasteiger partial charge in [0.05, 0.1) is 5.37 Å². The third-order valence-electron chi connectivity index (χ3n) is 2.20. The van der Waals surface area contributed by atoms with Crippen LogP contribution in [0.25, 0.3) is 0 Å². The van der Waals surface area contributed by atoms with E-state index in [0.717, 1.165) is 0 Å². The zero-order valence-corrected chi connectivity index (χ0v) is 10.4. The third kappa shape index (κ3) is 2.43. The van der Waals surface area contributed by atoms with Crippen molar-refractivity contribution in [3.63, 3.8) is 0 Å². The number of hydrogen-bond donors (Lipinski definition) is 0. The van der Waals surface area contributed by atoms with Crippen molar-refractivity contribution in [2.24, 2.45) is 5.41 Å². The summed E-state index contributed by atoms with van der Waals surface area (Å²) >= 11 is 1.93. The summed E-state index contributed by atoms with van der Waals surface area (Å²) in [5.74, 6) is 0. The molecule has 1 nitrogen and oxygen atoms in total. The summed E-state index contributed by atoms with van der Waals surface area (Å²) in [6.07, 6.45) is 2.22. The van der Waals surface area contributed by atoms with E-state index in [1.165, 1.54) is 0 Å². The Labute approximate surface area is 86.6 Å². The fourth-order valence-corrected chi connectivity index (χ4v) is 2.79. The van der Waals surface area contributed by atoms with Gasteiger partial charge in [-0.05, 0) is 31.6 Å². The molecule has 1 rings (SSSR count). The average molecular weight is 199 g/mol. The van der Waals surface area contributed by atoms with Gasteiger partial charge in [0.1, 0.15) is 0 Å². The molecule has 0 saturated heterocycles. The smallest absolute Gasteiger partial charge is 0.0839 e. The maximum absolute atomic E-state index is 2.46. The Balaban J connectivity index is 2.81. The normalized spacial score (nSPS) is 24.2. The molecule has 76 valence electrons. The Morgan fingerprint density at radius 3 is 1.92 bits per heavy atom. The van der Waals surface area contributed by atoms with Gasteiger partial charge in [-0.15, -0.1) is 11.8 Å². The summed E-state index contributed by atoms with van der Waals surface area (Å²) < 4.78 is 0. The summed E-state index contributed by atoms with van der Waals surface area (Å²) in [6, 6.07) is 0. The summed E-state index contributed by atoms with van der Waals surface area (Å²) in [4.78, 5) is 2.46. The van der Waals surface area contributed by atoms with Crippen LogP contribution in [0.2, 0.25) is 0 Å². The zero-order chi connectivity index (χ0) is 10.3. The van der Waals surface area contributed by atoms with Crippen molar-refractivity contribution < 1.29 is 0 Å². The average Bonchev–Trinajstić information content (AvgIpc) is 2.27. The fourth-order valence-electron chi connectivity index (χ4n) is 1.52. The van der Waals surface area contributed by atoms with Crippen LogP contribution in [-0.4, -0.2) is 15.8 Å². The SMILES string of the molecule is CC(C)(C)C1SC=CN1C(C)(C)C. The van der Waals surface area contributed by atoms with Crippen LogP contribution in [0, 0.1) is 5.41 Å². The Morgan fingerprint density at radius 1 is 1.08 bits per heavy atom. The van der Waals surface area contributed by atoms with Crippen LogP contribution in [0.5, 0.6) is 0 Å². The van der Waals surface area contributed by atoms with Gasteiger partial charge >= 0.3 is 0 Å². The molecule has 0 amide bonds. The molecular formula is C11H21NS. The lowest BCUT2D eigenvalue weighted by Gasteiger charge is -2.43. The second kappa shape index (κ2) is 3.23. The molecule has 0 aromatic carbocycles. The van der Waals surface area contributed by atoms with Crippen LogP contribution in [0.1, 0.15) is 41.5 Å². The van der Waals surface area contributed by atoms with Crippen molar-refractivity contribution in [2.75, 3.05) is 0 Å². The van der Waals surface area contributed by atoms with Crippen LogP contribution in [-0.2, 0) is 0 Å². The largest absolute Gasteiger partial charge is 0.359 e. The maximum atomic E-state index is 2.46. The van der Waals surface area contributed by atoms with E-state index >= 15 is 0 Å². The Kier molecular flexibility index (Phi) is 2.73. The molecule has 1 heterocycles. The zero-order valence-electron chi connectivity index (χ0n) is 9.59. The Bertz CT molecular complexity index is 207. The highest BCUT2D eigenvalue weighted by molar-refractivity contribution is 8.02. The molecule has 0 spiro atoms. The number of rotatable bonds is 0. The summed E-state index contributed by atoms with van der Waals surface area (Å²) in [5.41, 5.74) is 0.569. The molecule has 1 aliphatic heterocycles. The molecule has 0 aromatic heterocycles. The van der Waals surface area contributed by atoms with Crippen LogP contribution in [0.15, 0.2) is 11.6 Å². The highest BCUT2D eigenvalue weighted by atomic mass is 32.2. The second-order valence-corrected chi connectivity index (χ2v) is 6.71. The van der Waals surface area contributed by atoms with E-state index in [0.29, 0.717) is 10.8 Å². The van der Waals surface area contributed by atoms with Crippen molar-refractivity contribution >= 4 is 11.8 Å². The minimum atomic E-state index is 0.234. The molecule has 1 unspecified atom stereocenters. The maximum Gasteiger partial charge on any atom is 0.0839 e. The predicted octanol–water partition coefficient (Wildman–Crippen LogP) is 3.68. The fraction of sp³-hybridized carbons (Fsp3) is 0.818. The molecule has 2 heteroatoms. The second-order valence-electron chi connectivity index (χ2n) is 5.72. The first kappa shape index (κ1) is 11.0. The van der Waals surface area contributed by atoms with Gasteiger partial charge in [0.15, 0.2) is 0 Å². The van der Waals surface area contributed by atoms with Crippen molar-refractivity contribution in [3.8, 4) is 0 Å². The van der Waals surface area contributed by atoms with Gasteiger partial charge in [0, 0.05) is 11.7 Å². The van der Waals surface area contributed by atoms with Gasteiger partial charge in [-0.25, -0.2) is 0 Å². The number of nitrogens with zero attached hydrogens (tertiary/aromatic N) is 1. The quantitative estimate of drug-likeness (QED) is 0.585. The lowest BCUT2D eigenvalue weighted by atomic mass is 9.93. The van der Waals surface area contributed by atoms with Gasteiger partial charge < -0.3 is 4.90 Å². The monoisotopic (exact) mass is 199 g/mol. The van der Waals surface area contributed by atoms with E-state index in [1.54, 1.807) is 0 Å².